The minimum absolute atomic E-state index is 0.0292. The van der Waals surface area contributed by atoms with Gasteiger partial charge in [0.2, 0.25) is 0 Å². The van der Waals surface area contributed by atoms with E-state index in [1.54, 1.807) is 25.2 Å². The largest absolute Gasteiger partial charge is 0.465 e. The Labute approximate surface area is 140 Å². The van der Waals surface area contributed by atoms with Gasteiger partial charge in [-0.15, -0.1) is 0 Å². The van der Waals surface area contributed by atoms with Gasteiger partial charge in [-0.1, -0.05) is 0 Å². The number of aromatic amines is 1. The molecule has 0 amide bonds. The first-order valence-corrected chi connectivity index (χ1v) is 8.34. The molecule has 0 radical (unpaired) electrons. The number of likely N-dealkylation sites (N-methyl/N-ethyl adjacent to an activating group) is 1. The third-order valence-electron chi connectivity index (χ3n) is 4.13. The SMILES string of the molecule is COC(=O)c1c(C)[nH]c(C(=O)[C@H](C)N(C)Cc2ccsc2)c1C. The molecule has 2 heterocycles. The normalized spacial score (nSPS) is 12.4. The van der Waals surface area contributed by atoms with Gasteiger partial charge in [-0.2, -0.15) is 11.3 Å². The van der Waals surface area contributed by atoms with Gasteiger partial charge in [-0.25, -0.2) is 4.79 Å². The van der Waals surface area contributed by atoms with Gasteiger partial charge in [0.25, 0.3) is 0 Å². The average Bonchev–Trinajstić information content (AvgIpc) is 3.13. The Hall–Kier alpha value is -1.92. The maximum absolute atomic E-state index is 12.8. The number of Topliss-reactive ketones (excluding diaryl/α,β-unsaturated/α-hetero) is 1. The number of hydrogen-bond donors (Lipinski definition) is 1. The van der Waals surface area contributed by atoms with Crippen molar-refractivity contribution in [3.8, 4) is 0 Å². The lowest BCUT2D eigenvalue weighted by Crippen LogP contribution is -2.36. The lowest BCUT2D eigenvalue weighted by atomic mass is 10.0. The molecule has 6 heteroatoms. The Morgan fingerprint density at radius 1 is 1.39 bits per heavy atom. The third kappa shape index (κ3) is 3.54. The Kier molecular flexibility index (Phi) is 5.38. The van der Waals surface area contributed by atoms with Gasteiger partial charge in [0.1, 0.15) is 0 Å². The van der Waals surface area contributed by atoms with Crippen LogP contribution in [0.5, 0.6) is 0 Å². The topological polar surface area (TPSA) is 62.4 Å². The molecule has 1 N–H and O–H groups in total. The van der Waals surface area contributed by atoms with Crippen LogP contribution in [-0.2, 0) is 11.3 Å². The van der Waals surface area contributed by atoms with Gasteiger partial charge >= 0.3 is 5.97 Å². The van der Waals surface area contributed by atoms with Crippen LogP contribution >= 0.6 is 11.3 Å². The molecule has 2 aromatic rings. The molecule has 0 bridgehead atoms. The molecule has 2 rings (SSSR count). The number of hydrogen-bond acceptors (Lipinski definition) is 5. The van der Waals surface area contributed by atoms with Gasteiger partial charge in [0.15, 0.2) is 5.78 Å². The summed E-state index contributed by atoms with van der Waals surface area (Å²) in [5, 5.41) is 4.10. The number of ketones is 1. The zero-order valence-electron chi connectivity index (χ0n) is 14.1. The molecule has 5 nitrogen and oxygen atoms in total. The van der Waals surface area contributed by atoms with Crippen LogP contribution in [0.15, 0.2) is 16.8 Å². The van der Waals surface area contributed by atoms with Crippen molar-refractivity contribution in [3.05, 3.63) is 44.9 Å². The number of carbonyl (C=O) groups excluding carboxylic acids is 2. The molecule has 23 heavy (non-hydrogen) atoms. The fourth-order valence-electron chi connectivity index (χ4n) is 2.62. The molecule has 0 aliphatic carbocycles. The van der Waals surface area contributed by atoms with Gasteiger partial charge in [-0.3, -0.25) is 9.69 Å². The molecule has 0 aromatic carbocycles. The highest BCUT2D eigenvalue weighted by Crippen LogP contribution is 2.21. The van der Waals surface area contributed by atoms with E-state index >= 15 is 0 Å². The number of H-pyrrole nitrogens is 1. The fraction of sp³-hybridized carbons (Fsp3) is 0.412. The molecule has 0 aliphatic rings. The lowest BCUT2D eigenvalue weighted by Gasteiger charge is -2.23. The summed E-state index contributed by atoms with van der Waals surface area (Å²) >= 11 is 1.64. The predicted octanol–water partition coefficient (Wildman–Crippen LogP) is 3.18. The van der Waals surface area contributed by atoms with E-state index < -0.39 is 5.97 Å². The second kappa shape index (κ2) is 7.10. The summed E-state index contributed by atoms with van der Waals surface area (Å²) in [7, 11) is 3.26. The number of rotatable bonds is 6. The lowest BCUT2D eigenvalue weighted by molar-refractivity contribution is 0.0599. The van der Waals surface area contributed by atoms with E-state index in [0.29, 0.717) is 29.1 Å². The molecule has 0 fully saturated rings. The molecule has 0 saturated carbocycles. The van der Waals surface area contributed by atoms with Gasteiger partial charge < -0.3 is 9.72 Å². The summed E-state index contributed by atoms with van der Waals surface area (Å²) < 4.78 is 4.79. The third-order valence-corrected chi connectivity index (χ3v) is 4.86. The Morgan fingerprint density at radius 2 is 2.09 bits per heavy atom. The summed E-state index contributed by atoms with van der Waals surface area (Å²) in [6.07, 6.45) is 0. The van der Waals surface area contributed by atoms with Crippen molar-refractivity contribution in [2.75, 3.05) is 14.2 Å². The molecule has 0 saturated heterocycles. The number of ether oxygens (including phenoxy) is 1. The monoisotopic (exact) mass is 334 g/mol. The summed E-state index contributed by atoms with van der Waals surface area (Å²) in [6, 6.07) is 1.76. The van der Waals surface area contributed by atoms with E-state index in [1.165, 1.54) is 12.7 Å². The van der Waals surface area contributed by atoms with Crippen molar-refractivity contribution in [3.63, 3.8) is 0 Å². The summed E-state index contributed by atoms with van der Waals surface area (Å²) in [6.45, 7) is 6.13. The molecule has 0 unspecified atom stereocenters. The van der Waals surface area contributed by atoms with Crippen molar-refractivity contribution in [1.82, 2.24) is 9.88 Å². The van der Waals surface area contributed by atoms with Crippen LogP contribution in [-0.4, -0.2) is 41.8 Å². The van der Waals surface area contributed by atoms with Crippen molar-refractivity contribution in [1.29, 1.82) is 0 Å². The molecule has 0 aliphatic heterocycles. The summed E-state index contributed by atoms with van der Waals surface area (Å²) in [4.78, 5) is 29.7. The summed E-state index contributed by atoms with van der Waals surface area (Å²) in [5.74, 6) is -0.451. The molecule has 124 valence electrons. The minimum atomic E-state index is -0.422. The highest BCUT2D eigenvalue weighted by Gasteiger charge is 2.27. The Balaban J connectivity index is 2.21. The number of aromatic nitrogens is 1. The van der Waals surface area contributed by atoms with E-state index in [0.717, 1.165) is 0 Å². The number of methoxy groups -OCH3 is 1. The van der Waals surface area contributed by atoms with E-state index in [-0.39, 0.29) is 11.8 Å². The zero-order chi connectivity index (χ0) is 17.1. The molecular formula is C17H22N2O3S. The van der Waals surface area contributed by atoms with Gasteiger partial charge in [0.05, 0.1) is 24.4 Å². The maximum Gasteiger partial charge on any atom is 0.339 e. The van der Waals surface area contributed by atoms with Crippen molar-refractivity contribution in [2.45, 2.75) is 33.4 Å². The number of aryl methyl sites for hydroxylation is 1. The highest BCUT2D eigenvalue weighted by atomic mass is 32.1. The van der Waals surface area contributed by atoms with Crippen molar-refractivity contribution >= 4 is 23.1 Å². The first-order valence-electron chi connectivity index (χ1n) is 7.39. The van der Waals surface area contributed by atoms with Crippen LogP contribution < -0.4 is 0 Å². The molecular weight excluding hydrogens is 312 g/mol. The number of carbonyl (C=O) groups is 2. The van der Waals surface area contributed by atoms with Crippen molar-refractivity contribution in [2.24, 2.45) is 0 Å². The van der Waals surface area contributed by atoms with Crippen LogP contribution in [0.2, 0.25) is 0 Å². The van der Waals surface area contributed by atoms with Crippen LogP contribution in [0.4, 0.5) is 0 Å². The number of nitrogens with zero attached hydrogens (tertiary/aromatic N) is 1. The van der Waals surface area contributed by atoms with E-state index in [9.17, 15) is 9.59 Å². The molecule has 1 atom stereocenters. The minimum Gasteiger partial charge on any atom is -0.465 e. The number of nitrogens with one attached hydrogen (secondary N) is 1. The van der Waals surface area contributed by atoms with Crippen LogP contribution in [0.25, 0.3) is 0 Å². The molecule has 2 aromatic heterocycles. The number of esters is 1. The van der Waals surface area contributed by atoms with Crippen LogP contribution in [0.3, 0.4) is 0 Å². The van der Waals surface area contributed by atoms with Crippen LogP contribution in [0.1, 0.15) is 44.6 Å². The van der Waals surface area contributed by atoms with Gasteiger partial charge in [0, 0.05) is 12.2 Å². The van der Waals surface area contributed by atoms with E-state index in [2.05, 4.69) is 16.4 Å². The second-order valence-electron chi connectivity index (χ2n) is 5.70. The van der Waals surface area contributed by atoms with Crippen molar-refractivity contribution < 1.29 is 14.3 Å². The smallest absolute Gasteiger partial charge is 0.339 e. The van der Waals surface area contributed by atoms with Crippen LogP contribution in [0, 0.1) is 13.8 Å². The average molecular weight is 334 g/mol. The predicted molar refractivity (Wildman–Crippen MR) is 91.2 cm³/mol. The standard InChI is InChI=1S/C17H22N2O3S/c1-10-14(17(21)22-5)11(2)18-15(10)16(20)12(3)19(4)8-13-6-7-23-9-13/h6-7,9,12,18H,8H2,1-5H3/t12-/m0/s1. The first-order chi connectivity index (χ1) is 10.9. The second-order valence-corrected chi connectivity index (χ2v) is 6.48. The molecule has 0 spiro atoms. The quantitative estimate of drug-likeness (QED) is 0.651. The first kappa shape index (κ1) is 17.4. The van der Waals surface area contributed by atoms with Gasteiger partial charge in [-0.05, 0) is 55.8 Å². The summed E-state index contributed by atoms with van der Waals surface area (Å²) in [5.41, 5.74) is 3.42. The van der Waals surface area contributed by atoms with E-state index in [1.807, 2.05) is 24.3 Å². The maximum atomic E-state index is 12.8. The van der Waals surface area contributed by atoms with E-state index in [4.69, 9.17) is 4.74 Å². The Bertz CT molecular complexity index is 704. The fourth-order valence-corrected chi connectivity index (χ4v) is 3.28. The number of thiophene rings is 1. The Morgan fingerprint density at radius 3 is 2.65 bits per heavy atom. The zero-order valence-corrected chi connectivity index (χ0v) is 14.9. The highest BCUT2D eigenvalue weighted by molar-refractivity contribution is 7.07.